The van der Waals surface area contributed by atoms with Crippen molar-refractivity contribution in [2.24, 2.45) is 0 Å². The molecule has 4 fully saturated rings. The Hall–Kier alpha value is -14.3. The van der Waals surface area contributed by atoms with Gasteiger partial charge in [0.15, 0.2) is 0 Å². The fourth-order valence-electron chi connectivity index (χ4n) is 16.4. The number of amides is 3. The lowest BCUT2D eigenvalue weighted by atomic mass is 9.82. The molecule has 0 saturated heterocycles. The quantitative estimate of drug-likeness (QED) is 0.0304. The molecule has 734 valence electrons. The Morgan fingerprint density at radius 3 is 0.906 bits per heavy atom. The fourth-order valence-corrected chi connectivity index (χ4v) is 16.7. The fraction of sp³-hybridized carbons (Fsp3) is 0.414. The van der Waals surface area contributed by atoms with Crippen molar-refractivity contribution >= 4 is 63.5 Å². The monoisotopic (exact) mass is 1970 g/mol. The van der Waals surface area contributed by atoms with Crippen LogP contribution >= 0.6 is 15.9 Å². The molecule has 35 nitrogen and oxygen atoms in total. The van der Waals surface area contributed by atoms with Gasteiger partial charge < -0.3 is 72.7 Å². The number of carbonyl (C=O) groups excluding carboxylic acids is 5. The van der Waals surface area contributed by atoms with Gasteiger partial charge >= 0.3 is 36.0 Å². The minimum absolute atomic E-state index is 0.000855. The molecular formula is C99H115BrF3N15O20. The van der Waals surface area contributed by atoms with Crippen molar-refractivity contribution in [1.29, 1.82) is 0 Å². The number of rotatable bonds is 30. The van der Waals surface area contributed by atoms with Crippen LogP contribution in [0.25, 0.3) is 0 Å². The molecule has 11 aromatic rings. The van der Waals surface area contributed by atoms with Gasteiger partial charge in [-0.15, -0.1) is 15.3 Å². The average molecular weight is 1970 g/mol. The molecule has 4 aliphatic carbocycles. The number of aliphatic carboxylic acids is 1. The number of aromatic amines is 1. The minimum atomic E-state index is -5.08. The van der Waals surface area contributed by atoms with Gasteiger partial charge in [0.2, 0.25) is 40.4 Å². The second-order valence-corrected chi connectivity index (χ2v) is 34.9. The number of hydrogen-bond acceptors (Lipinski definition) is 25. The summed E-state index contributed by atoms with van der Waals surface area (Å²) in [5.41, 5.74) is 9.88. The van der Waals surface area contributed by atoms with Crippen molar-refractivity contribution < 1.29 is 109 Å². The molecule has 4 N–H and O–H groups in total. The number of esters is 2. The Balaban J connectivity index is 0.000000173. The summed E-state index contributed by atoms with van der Waals surface area (Å²) in [5, 5.41) is 59.7. The van der Waals surface area contributed by atoms with Gasteiger partial charge in [-0.05, 0) is 264 Å². The average Bonchev–Trinajstić information content (AvgIpc) is 1.66. The van der Waals surface area contributed by atoms with Crippen LogP contribution < -0.4 is 33.2 Å². The predicted octanol–water partition coefficient (Wildman–Crippen LogP) is 16.5. The van der Waals surface area contributed by atoms with Crippen LogP contribution in [-0.4, -0.2) is 245 Å². The highest BCUT2D eigenvalue weighted by atomic mass is 79.9. The van der Waals surface area contributed by atoms with E-state index in [0.717, 1.165) is 141 Å². The van der Waals surface area contributed by atoms with E-state index in [9.17, 15) is 51.8 Å². The maximum absolute atomic E-state index is 12.5. The van der Waals surface area contributed by atoms with Gasteiger partial charge in [-0.25, -0.2) is 43.1 Å². The number of ether oxygens (including phenoxy) is 9. The van der Waals surface area contributed by atoms with E-state index in [4.69, 9.17) is 57.6 Å². The van der Waals surface area contributed by atoms with Crippen LogP contribution in [-0.2, 0) is 33.9 Å². The number of carbonyl (C=O) groups is 8. The number of nitrogens with zero attached hydrogens (tertiary/aromatic N) is 14. The summed E-state index contributed by atoms with van der Waals surface area (Å²) in [4.78, 5) is 97.7. The number of aromatic nitrogens is 12. The van der Waals surface area contributed by atoms with Crippen LogP contribution in [0.1, 0.15) is 252 Å². The number of aromatic carboxylic acids is 2. The van der Waals surface area contributed by atoms with Crippen molar-refractivity contribution in [3.63, 3.8) is 0 Å². The molecule has 4 heterocycles. The summed E-state index contributed by atoms with van der Waals surface area (Å²) in [6.07, 6.45) is 8.98. The molecule has 7 aromatic carbocycles. The highest BCUT2D eigenvalue weighted by Crippen LogP contribution is 2.41. The Morgan fingerprint density at radius 1 is 0.384 bits per heavy atom. The third kappa shape index (κ3) is 29.1. The third-order valence-corrected chi connectivity index (χ3v) is 24.4. The number of H-pyrrole nitrogens is 1. The first-order valence-electron chi connectivity index (χ1n) is 45.3. The van der Waals surface area contributed by atoms with Gasteiger partial charge in [-0.2, -0.15) is 13.2 Å². The molecule has 4 saturated carbocycles. The van der Waals surface area contributed by atoms with E-state index in [2.05, 4.69) is 98.7 Å². The molecule has 4 aromatic heterocycles. The lowest BCUT2D eigenvalue weighted by molar-refractivity contribution is -0.192. The largest absolute Gasteiger partial charge is 0.497 e. The number of benzene rings is 7. The van der Waals surface area contributed by atoms with Gasteiger partial charge in [0.25, 0.3) is 23.6 Å². The van der Waals surface area contributed by atoms with Gasteiger partial charge in [0.05, 0.1) is 54.2 Å². The van der Waals surface area contributed by atoms with Crippen LogP contribution in [0.5, 0.6) is 40.8 Å². The molecule has 0 aliphatic heterocycles. The summed E-state index contributed by atoms with van der Waals surface area (Å²) in [7, 11) is 15.3. The first kappa shape index (κ1) is 104. The van der Waals surface area contributed by atoms with Crippen molar-refractivity contribution in [3.05, 3.63) is 253 Å². The van der Waals surface area contributed by atoms with E-state index < -0.39 is 36.0 Å². The highest BCUT2D eigenvalue weighted by molar-refractivity contribution is 9.10. The summed E-state index contributed by atoms with van der Waals surface area (Å²) in [6, 6.07) is 54.8. The molecular weight excluding hydrogens is 1860 g/mol. The number of nitrogens with one attached hydrogen (secondary N) is 1. The molecule has 0 radical (unpaired) electrons. The minimum Gasteiger partial charge on any atom is -0.497 e. The standard InChI is InChI=1S/C28H34N4O5.C26H30N4O5.C25H28BrN3O4.C18H22N4O4.C2HF3O2/c1-5-36-28(34)25-27(32(30-29-25)18-19-6-14-23(35-4)15-7-19)37-24-16-12-21(13-17-24)20-8-10-22(11-9-20)26(33)31(2)3;1-29(2)24(31)20-8-6-18(7-9-20)19-10-14-22(15-11-19)35-25-23(26(32)33)27-28-30(25)16-17-4-12-21(34-3)13-5-17;1-3-32-25(30)23-24(29(28-27-23)16-17-4-12-21(31-2)13-5-17)33-22-14-8-19(9-15-22)18-6-10-20(26)11-7-18;1-22(2)17(23)13-5-3-11(4-6-13)12-7-9-14(10-8-12)26-16-15(18(24)25)19-21-20-16;3-2(4,5)1(6)7/h6-11,14-15,21,24H,5,12-13,16-18H2,1-4H3;4-9,12-13,19,22H,10-11,14-16H2,1-3H3,(H,32,33);4-7,10-13,19,22H,3,8-9,14-16H2,1-2H3;3-6,12,14H,7-10H2,1-2H3,(H,24,25)(H,19,20,21);(H,6,7). The van der Waals surface area contributed by atoms with Gasteiger partial charge in [0, 0.05) is 63.4 Å². The van der Waals surface area contributed by atoms with E-state index in [1.807, 2.05) is 133 Å². The SMILES string of the molecule is CCOC(=O)c1nnn(Cc2ccc(OC)cc2)c1OC1CCC(c2ccc(Br)cc2)CC1.CCOC(=O)c1nnn(Cc2ccc(OC)cc2)c1OC1CCC(c2ccc(C(=O)N(C)C)cc2)CC1.CN(C)C(=O)c1ccc(C2CCC(Oc3nn[nH]c3C(=O)O)CC2)cc1.COc1ccc(Cn2nnc(C(=O)O)c2OC2CCC(c3ccc(C(=O)N(C)C)cc3)CC2)cc1.O=C(O)C(F)(F)F. The van der Waals surface area contributed by atoms with E-state index in [0.29, 0.717) is 71.8 Å². The number of halogens is 4. The first-order valence-corrected chi connectivity index (χ1v) is 46.1. The highest BCUT2D eigenvalue weighted by Gasteiger charge is 2.39. The van der Waals surface area contributed by atoms with E-state index >= 15 is 0 Å². The zero-order valence-corrected chi connectivity index (χ0v) is 80.3. The molecule has 3 amide bonds. The van der Waals surface area contributed by atoms with E-state index in [1.165, 1.54) is 26.9 Å². The summed E-state index contributed by atoms with van der Waals surface area (Å²) in [5.74, 6) is -1.20. The Bertz CT molecular complexity index is 5810. The van der Waals surface area contributed by atoms with Crippen LogP contribution in [0.15, 0.2) is 174 Å². The summed E-state index contributed by atoms with van der Waals surface area (Å²) >= 11 is 3.50. The normalized spacial score (nSPS) is 17.7. The summed E-state index contributed by atoms with van der Waals surface area (Å²) < 4.78 is 88.2. The maximum atomic E-state index is 12.5. The van der Waals surface area contributed by atoms with Gasteiger partial charge in [0.1, 0.15) is 41.7 Å². The third-order valence-electron chi connectivity index (χ3n) is 23.9. The second kappa shape index (κ2) is 50.0. The number of carboxylic acid groups (broad SMARTS) is 3. The smallest absolute Gasteiger partial charge is 0.490 e. The second-order valence-electron chi connectivity index (χ2n) is 34.0. The van der Waals surface area contributed by atoms with Crippen LogP contribution in [0.2, 0.25) is 0 Å². The molecule has 39 heteroatoms. The van der Waals surface area contributed by atoms with Gasteiger partial charge in [-0.3, -0.25) is 14.4 Å². The Kier molecular flexibility index (Phi) is 37.8. The van der Waals surface area contributed by atoms with Crippen LogP contribution in [0.3, 0.4) is 0 Å². The number of hydrogen-bond donors (Lipinski definition) is 4. The molecule has 0 atom stereocenters. The van der Waals surface area contributed by atoms with Crippen LogP contribution in [0, 0.1) is 0 Å². The molecule has 0 spiro atoms. The molecule has 138 heavy (non-hydrogen) atoms. The lowest BCUT2D eigenvalue weighted by Crippen LogP contribution is -2.26. The summed E-state index contributed by atoms with van der Waals surface area (Å²) in [6.45, 7) is 5.20. The molecule has 0 bridgehead atoms. The van der Waals surface area contributed by atoms with Crippen molar-refractivity contribution in [2.75, 3.05) is 76.8 Å². The Morgan fingerprint density at radius 2 is 0.652 bits per heavy atom. The van der Waals surface area contributed by atoms with Gasteiger partial charge in [-0.1, -0.05) is 127 Å². The maximum Gasteiger partial charge on any atom is 0.490 e. The zero-order valence-electron chi connectivity index (χ0n) is 78.7. The topological polar surface area (TPSA) is 424 Å². The van der Waals surface area contributed by atoms with E-state index in [1.54, 1.807) is 102 Å². The molecule has 0 unspecified atom stereocenters. The van der Waals surface area contributed by atoms with E-state index in [-0.39, 0.29) is 89.9 Å². The molecule has 15 rings (SSSR count). The van der Waals surface area contributed by atoms with Crippen molar-refractivity contribution in [1.82, 2.24) is 75.1 Å². The van der Waals surface area contributed by atoms with Crippen molar-refractivity contribution in [2.45, 2.75) is 190 Å². The lowest BCUT2D eigenvalue weighted by Gasteiger charge is -2.29. The number of methoxy groups -OCH3 is 3. The number of carboxylic acids is 3. The van der Waals surface area contributed by atoms with Crippen molar-refractivity contribution in [3.8, 4) is 40.8 Å². The Labute approximate surface area is 804 Å². The van der Waals surface area contributed by atoms with Crippen LogP contribution in [0.4, 0.5) is 13.2 Å². The number of alkyl halides is 3. The molecule has 4 aliphatic rings. The zero-order chi connectivity index (χ0) is 99.3. The first-order chi connectivity index (χ1) is 66.2. The predicted molar refractivity (Wildman–Crippen MR) is 502 cm³/mol.